The van der Waals surface area contributed by atoms with E-state index in [0.29, 0.717) is 15.6 Å². The van der Waals surface area contributed by atoms with Crippen molar-refractivity contribution >= 4 is 50.5 Å². The Kier molecular flexibility index (Phi) is 4.36. The van der Waals surface area contributed by atoms with Crippen LogP contribution in [0.25, 0.3) is 0 Å². The van der Waals surface area contributed by atoms with E-state index < -0.39 is 0 Å². The second-order valence-electron chi connectivity index (χ2n) is 4.01. The monoisotopic (exact) mass is 354 g/mol. The standard InChI is InChI=1S/C14H9BrCl2N2/c1-8-4-10(15)14(6-11(8)16)19-13-3-2-9(7-18)5-12(13)17/h2-6,19H,1H3. The van der Waals surface area contributed by atoms with Crippen LogP contribution in [0.2, 0.25) is 10.0 Å². The molecule has 0 saturated carbocycles. The lowest BCUT2D eigenvalue weighted by Crippen LogP contribution is -1.94. The Balaban J connectivity index is 2.37. The van der Waals surface area contributed by atoms with Gasteiger partial charge in [-0.25, -0.2) is 0 Å². The van der Waals surface area contributed by atoms with E-state index in [9.17, 15) is 0 Å². The first-order valence-corrected chi connectivity index (χ1v) is 6.98. The minimum Gasteiger partial charge on any atom is -0.353 e. The average Bonchev–Trinajstić information content (AvgIpc) is 2.38. The Labute approximate surface area is 130 Å². The van der Waals surface area contributed by atoms with E-state index in [-0.39, 0.29) is 0 Å². The maximum atomic E-state index is 8.80. The quantitative estimate of drug-likeness (QED) is 0.752. The molecule has 0 saturated heterocycles. The average molecular weight is 356 g/mol. The maximum absolute atomic E-state index is 8.80. The smallest absolute Gasteiger partial charge is 0.0992 e. The van der Waals surface area contributed by atoms with Gasteiger partial charge < -0.3 is 5.32 Å². The molecule has 2 rings (SSSR count). The summed E-state index contributed by atoms with van der Waals surface area (Å²) in [6.07, 6.45) is 0. The Morgan fingerprint density at radius 1 is 1.11 bits per heavy atom. The lowest BCUT2D eigenvalue weighted by molar-refractivity contribution is 1.42. The van der Waals surface area contributed by atoms with Crippen molar-refractivity contribution in [2.45, 2.75) is 6.92 Å². The van der Waals surface area contributed by atoms with Gasteiger partial charge in [-0.05, 0) is 58.7 Å². The van der Waals surface area contributed by atoms with Crippen LogP contribution in [0.4, 0.5) is 11.4 Å². The SMILES string of the molecule is Cc1cc(Br)c(Nc2ccc(C#N)cc2Cl)cc1Cl. The van der Waals surface area contributed by atoms with Crippen molar-refractivity contribution in [3.05, 3.63) is 56.0 Å². The van der Waals surface area contributed by atoms with E-state index in [1.807, 2.05) is 25.1 Å². The third kappa shape index (κ3) is 3.22. The molecule has 19 heavy (non-hydrogen) atoms. The van der Waals surface area contributed by atoms with Gasteiger partial charge in [0.2, 0.25) is 0 Å². The summed E-state index contributed by atoms with van der Waals surface area (Å²) in [7, 11) is 0. The van der Waals surface area contributed by atoms with Crippen molar-refractivity contribution in [2.75, 3.05) is 5.32 Å². The number of nitrogens with one attached hydrogen (secondary N) is 1. The van der Waals surface area contributed by atoms with Gasteiger partial charge in [-0.15, -0.1) is 0 Å². The Hall–Kier alpha value is -1.21. The van der Waals surface area contributed by atoms with Crippen molar-refractivity contribution in [2.24, 2.45) is 0 Å². The maximum Gasteiger partial charge on any atom is 0.0992 e. The molecule has 0 heterocycles. The fourth-order valence-corrected chi connectivity index (χ4v) is 2.52. The number of anilines is 2. The normalized spacial score (nSPS) is 10.1. The number of nitriles is 1. The van der Waals surface area contributed by atoms with Crippen LogP contribution in [0.15, 0.2) is 34.8 Å². The minimum atomic E-state index is 0.489. The number of halogens is 3. The molecule has 0 aromatic heterocycles. The molecule has 0 radical (unpaired) electrons. The molecule has 0 unspecified atom stereocenters. The van der Waals surface area contributed by atoms with Gasteiger partial charge in [0.05, 0.1) is 28.0 Å². The van der Waals surface area contributed by atoms with Crippen molar-refractivity contribution < 1.29 is 0 Å². The zero-order chi connectivity index (χ0) is 14.0. The highest BCUT2D eigenvalue weighted by molar-refractivity contribution is 9.10. The zero-order valence-corrected chi connectivity index (χ0v) is 13.1. The van der Waals surface area contributed by atoms with Gasteiger partial charge in [0, 0.05) is 9.50 Å². The number of nitrogens with zero attached hydrogens (tertiary/aromatic N) is 1. The summed E-state index contributed by atoms with van der Waals surface area (Å²) in [5, 5.41) is 13.2. The summed E-state index contributed by atoms with van der Waals surface area (Å²) in [5.41, 5.74) is 3.06. The third-order valence-corrected chi connectivity index (χ3v) is 3.99. The van der Waals surface area contributed by atoms with Crippen LogP contribution in [0.5, 0.6) is 0 Å². The van der Waals surface area contributed by atoms with E-state index in [0.717, 1.165) is 21.4 Å². The zero-order valence-electron chi connectivity index (χ0n) is 9.97. The summed E-state index contributed by atoms with van der Waals surface area (Å²) in [6, 6.07) is 10.9. The van der Waals surface area contributed by atoms with Gasteiger partial charge in [-0.3, -0.25) is 0 Å². The van der Waals surface area contributed by atoms with Crippen LogP contribution >= 0.6 is 39.1 Å². The number of benzene rings is 2. The van der Waals surface area contributed by atoms with E-state index in [4.69, 9.17) is 28.5 Å². The Bertz CT molecular complexity index is 678. The van der Waals surface area contributed by atoms with E-state index in [2.05, 4.69) is 21.2 Å². The fraction of sp³-hybridized carbons (Fsp3) is 0.0714. The van der Waals surface area contributed by atoms with Crippen LogP contribution in [-0.4, -0.2) is 0 Å². The summed E-state index contributed by atoms with van der Waals surface area (Å²) in [6.45, 7) is 1.94. The molecule has 0 spiro atoms. The second kappa shape index (κ2) is 5.83. The molecule has 0 amide bonds. The number of rotatable bonds is 2. The Morgan fingerprint density at radius 2 is 1.84 bits per heavy atom. The number of aryl methyl sites for hydroxylation is 1. The fourth-order valence-electron chi connectivity index (χ4n) is 1.57. The summed E-state index contributed by atoms with van der Waals surface area (Å²) in [4.78, 5) is 0. The second-order valence-corrected chi connectivity index (χ2v) is 5.68. The lowest BCUT2D eigenvalue weighted by Gasteiger charge is -2.12. The first-order chi connectivity index (χ1) is 9.01. The molecule has 96 valence electrons. The molecule has 1 N–H and O–H groups in total. The largest absolute Gasteiger partial charge is 0.353 e. The molecule has 0 aliphatic heterocycles. The van der Waals surface area contributed by atoms with Gasteiger partial charge in [-0.2, -0.15) is 5.26 Å². The summed E-state index contributed by atoms with van der Waals surface area (Å²) in [5.74, 6) is 0. The van der Waals surface area contributed by atoms with Crippen molar-refractivity contribution in [3.8, 4) is 6.07 Å². The van der Waals surface area contributed by atoms with E-state index >= 15 is 0 Å². The molecule has 0 aliphatic carbocycles. The molecule has 2 aromatic carbocycles. The topological polar surface area (TPSA) is 35.8 Å². The van der Waals surface area contributed by atoms with Gasteiger partial charge >= 0.3 is 0 Å². The highest BCUT2D eigenvalue weighted by Crippen LogP contribution is 2.33. The van der Waals surface area contributed by atoms with Gasteiger partial charge in [0.15, 0.2) is 0 Å². The van der Waals surface area contributed by atoms with Crippen molar-refractivity contribution in [1.82, 2.24) is 0 Å². The first-order valence-electron chi connectivity index (χ1n) is 5.43. The molecule has 0 fully saturated rings. The molecule has 2 aromatic rings. The highest BCUT2D eigenvalue weighted by atomic mass is 79.9. The molecule has 5 heteroatoms. The molecule has 0 atom stereocenters. The van der Waals surface area contributed by atoms with E-state index in [1.54, 1.807) is 18.2 Å². The lowest BCUT2D eigenvalue weighted by atomic mass is 10.2. The van der Waals surface area contributed by atoms with Crippen LogP contribution < -0.4 is 5.32 Å². The Morgan fingerprint density at radius 3 is 2.47 bits per heavy atom. The van der Waals surface area contributed by atoms with Gasteiger partial charge in [0.25, 0.3) is 0 Å². The first kappa shape index (κ1) is 14.2. The molecule has 2 nitrogen and oxygen atoms in total. The van der Waals surface area contributed by atoms with Gasteiger partial charge in [-0.1, -0.05) is 23.2 Å². The molecule has 0 bridgehead atoms. The van der Waals surface area contributed by atoms with Crippen LogP contribution in [0.1, 0.15) is 11.1 Å². The third-order valence-electron chi connectivity index (χ3n) is 2.62. The van der Waals surface area contributed by atoms with Crippen LogP contribution in [0.3, 0.4) is 0 Å². The van der Waals surface area contributed by atoms with Crippen LogP contribution in [-0.2, 0) is 0 Å². The van der Waals surface area contributed by atoms with E-state index in [1.165, 1.54) is 0 Å². The predicted octanol–water partition coefficient (Wildman–Crippen LogP) is 5.68. The predicted molar refractivity (Wildman–Crippen MR) is 83.3 cm³/mol. The summed E-state index contributed by atoms with van der Waals surface area (Å²) >= 11 is 15.7. The highest BCUT2D eigenvalue weighted by Gasteiger charge is 2.07. The van der Waals surface area contributed by atoms with Crippen LogP contribution in [0, 0.1) is 18.3 Å². The molecular weight excluding hydrogens is 347 g/mol. The number of hydrogen-bond donors (Lipinski definition) is 1. The minimum absolute atomic E-state index is 0.489. The summed E-state index contributed by atoms with van der Waals surface area (Å²) < 4.78 is 0.898. The van der Waals surface area contributed by atoms with Crippen molar-refractivity contribution in [1.29, 1.82) is 5.26 Å². The number of hydrogen-bond acceptors (Lipinski definition) is 2. The molecule has 0 aliphatic rings. The molecular formula is C14H9BrCl2N2. The van der Waals surface area contributed by atoms with Crippen molar-refractivity contribution in [3.63, 3.8) is 0 Å². The van der Waals surface area contributed by atoms with Gasteiger partial charge in [0.1, 0.15) is 0 Å².